The summed E-state index contributed by atoms with van der Waals surface area (Å²) in [6.45, 7) is 2.76. The zero-order valence-corrected chi connectivity index (χ0v) is 19.4. The Morgan fingerprint density at radius 1 is 1.00 bits per heavy atom. The van der Waals surface area contributed by atoms with E-state index in [2.05, 4.69) is 12.1 Å². The smallest absolute Gasteiger partial charge is 0.253 e. The lowest BCUT2D eigenvalue weighted by atomic mass is 9.74. The van der Waals surface area contributed by atoms with Crippen LogP contribution >= 0.6 is 11.6 Å². The zero-order chi connectivity index (χ0) is 22.9. The molecule has 6 nitrogen and oxygen atoms in total. The lowest BCUT2D eigenvalue weighted by Gasteiger charge is -2.42. The van der Waals surface area contributed by atoms with Gasteiger partial charge in [0.25, 0.3) is 5.91 Å². The van der Waals surface area contributed by atoms with Gasteiger partial charge in [0.2, 0.25) is 5.91 Å². The summed E-state index contributed by atoms with van der Waals surface area (Å²) in [6.07, 6.45) is 2.87. The molecule has 5 rings (SSSR count). The van der Waals surface area contributed by atoms with E-state index < -0.39 is 11.0 Å². The molecule has 0 saturated carbocycles. The SMILES string of the molecule is O=C1CO[C@]2(CCN(C(=O)C3(Cc4ccccc4)CCOCC3)C2)CN1c1cccc(Cl)c1. The first-order chi connectivity index (χ1) is 16.0. The second-order valence-corrected chi connectivity index (χ2v) is 9.90. The Kier molecular flexibility index (Phi) is 6.16. The van der Waals surface area contributed by atoms with Crippen molar-refractivity contribution in [1.82, 2.24) is 4.90 Å². The summed E-state index contributed by atoms with van der Waals surface area (Å²) >= 11 is 6.16. The molecule has 0 unspecified atom stereocenters. The number of morpholine rings is 1. The second-order valence-electron chi connectivity index (χ2n) is 9.46. The van der Waals surface area contributed by atoms with E-state index in [9.17, 15) is 9.59 Å². The molecule has 3 aliphatic heterocycles. The maximum absolute atomic E-state index is 13.9. The number of carbonyl (C=O) groups is 2. The van der Waals surface area contributed by atoms with Crippen LogP contribution in [-0.2, 0) is 25.5 Å². The summed E-state index contributed by atoms with van der Waals surface area (Å²) < 4.78 is 11.7. The van der Waals surface area contributed by atoms with Gasteiger partial charge in [-0.2, -0.15) is 0 Å². The fourth-order valence-corrected chi connectivity index (χ4v) is 5.59. The Balaban J connectivity index is 1.34. The molecule has 0 bridgehead atoms. The number of hydrogen-bond acceptors (Lipinski definition) is 4. The van der Waals surface area contributed by atoms with Crippen LogP contribution in [0, 0.1) is 5.41 Å². The Hall–Kier alpha value is -2.41. The number of carbonyl (C=O) groups excluding carboxylic acids is 2. The van der Waals surface area contributed by atoms with E-state index in [-0.39, 0.29) is 18.4 Å². The van der Waals surface area contributed by atoms with Crippen molar-refractivity contribution < 1.29 is 19.1 Å². The molecule has 2 amide bonds. The van der Waals surface area contributed by atoms with E-state index in [1.165, 1.54) is 5.56 Å². The van der Waals surface area contributed by atoms with Crippen molar-refractivity contribution in [2.75, 3.05) is 44.4 Å². The number of halogens is 1. The maximum atomic E-state index is 13.9. The highest BCUT2D eigenvalue weighted by molar-refractivity contribution is 6.30. The molecule has 33 heavy (non-hydrogen) atoms. The lowest BCUT2D eigenvalue weighted by Crippen LogP contribution is -2.57. The topological polar surface area (TPSA) is 59.1 Å². The van der Waals surface area contributed by atoms with Crippen LogP contribution in [0.4, 0.5) is 5.69 Å². The molecule has 3 saturated heterocycles. The van der Waals surface area contributed by atoms with E-state index in [4.69, 9.17) is 21.1 Å². The molecule has 3 aliphatic rings. The minimum atomic E-state index is -0.551. The average Bonchev–Trinajstić information content (AvgIpc) is 3.25. The Bertz CT molecular complexity index is 1020. The molecular weight excluding hydrogens is 440 g/mol. The number of benzene rings is 2. The molecule has 0 radical (unpaired) electrons. The van der Waals surface area contributed by atoms with Crippen molar-refractivity contribution in [2.45, 2.75) is 31.3 Å². The fourth-order valence-electron chi connectivity index (χ4n) is 5.41. The summed E-state index contributed by atoms with van der Waals surface area (Å²) in [5, 5.41) is 0.589. The van der Waals surface area contributed by atoms with Gasteiger partial charge in [-0.1, -0.05) is 48.0 Å². The molecule has 174 valence electrons. The van der Waals surface area contributed by atoms with E-state index in [1.54, 1.807) is 17.0 Å². The minimum absolute atomic E-state index is 0.0115. The summed E-state index contributed by atoms with van der Waals surface area (Å²) in [7, 11) is 0. The van der Waals surface area contributed by atoms with Crippen molar-refractivity contribution >= 4 is 29.1 Å². The second kappa shape index (κ2) is 9.09. The first-order valence-corrected chi connectivity index (χ1v) is 12.0. The van der Waals surface area contributed by atoms with Gasteiger partial charge in [-0.3, -0.25) is 9.59 Å². The molecule has 7 heteroatoms. The highest BCUT2D eigenvalue weighted by Crippen LogP contribution is 2.40. The van der Waals surface area contributed by atoms with E-state index in [0.29, 0.717) is 50.7 Å². The van der Waals surface area contributed by atoms with Crippen LogP contribution < -0.4 is 4.90 Å². The summed E-state index contributed by atoms with van der Waals surface area (Å²) in [5.41, 5.74) is 0.936. The molecule has 3 heterocycles. The predicted molar refractivity (Wildman–Crippen MR) is 126 cm³/mol. The van der Waals surface area contributed by atoms with Crippen LogP contribution in [0.1, 0.15) is 24.8 Å². The standard InChI is InChI=1S/C26H29ClN2O4/c27-21-7-4-8-22(15-21)29-19-26(33-17-23(29)30)9-12-28(18-26)24(31)25(10-13-32-14-11-25)16-20-5-2-1-3-6-20/h1-8,15H,9-14,16-19H2/t26-/m0/s1. The van der Waals surface area contributed by atoms with Gasteiger partial charge in [0.1, 0.15) is 12.2 Å². The van der Waals surface area contributed by atoms with Crippen molar-refractivity contribution in [3.05, 3.63) is 65.2 Å². The number of anilines is 1. The van der Waals surface area contributed by atoms with Gasteiger partial charge in [-0.15, -0.1) is 0 Å². The molecule has 2 aromatic rings. The van der Waals surface area contributed by atoms with Gasteiger partial charge in [-0.05, 0) is 49.4 Å². The molecule has 1 spiro atoms. The van der Waals surface area contributed by atoms with Crippen LogP contribution in [-0.4, -0.2) is 61.8 Å². The highest BCUT2D eigenvalue weighted by Gasteiger charge is 2.50. The normalized spacial score (nSPS) is 24.9. The zero-order valence-electron chi connectivity index (χ0n) is 18.7. The van der Waals surface area contributed by atoms with Crippen LogP contribution in [0.2, 0.25) is 5.02 Å². The summed E-state index contributed by atoms with van der Waals surface area (Å²) in [5.74, 6) is 0.0963. The Morgan fingerprint density at radius 3 is 2.55 bits per heavy atom. The van der Waals surface area contributed by atoms with Crippen molar-refractivity contribution in [2.24, 2.45) is 5.41 Å². The van der Waals surface area contributed by atoms with E-state index >= 15 is 0 Å². The third kappa shape index (κ3) is 4.52. The highest BCUT2D eigenvalue weighted by atomic mass is 35.5. The molecule has 0 aromatic heterocycles. The minimum Gasteiger partial charge on any atom is -0.381 e. The lowest BCUT2D eigenvalue weighted by molar-refractivity contribution is -0.149. The third-order valence-corrected chi connectivity index (χ3v) is 7.50. The van der Waals surface area contributed by atoms with Gasteiger partial charge in [0.15, 0.2) is 0 Å². The van der Waals surface area contributed by atoms with Crippen molar-refractivity contribution in [1.29, 1.82) is 0 Å². The van der Waals surface area contributed by atoms with Crippen LogP contribution in [0.5, 0.6) is 0 Å². The Labute approximate surface area is 199 Å². The summed E-state index contributed by atoms with van der Waals surface area (Å²) in [6, 6.07) is 17.6. The van der Waals surface area contributed by atoms with Gasteiger partial charge < -0.3 is 19.3 Å². The van der Waals surface area contributed by atoms with Crippen LogP contribution in [0.15, 0.2) is 54.6 Å². The predicted octanol–water partition coefficient (Wildman–Crippen LogP) is 3.71. The van der Waals surface area contributed by atoms with Gasteiger partial charge in [0.05, 0.1) is 18.5 Å². The first kappa shape index (κ1) is 22.4. The largest absolute Gasteiger partial charge is 0.381 e. The van der Waals surface area contributed by atoms with Crippen LogP contribution in [0.3, 0.4) is 0 Å². The quantitative estimate of drug-likeness (QED) is 0.686. The Morgan fingerprint density at radius 2 is 1.79 bits per heavy atom. The molecule has 3 fully saturated rings. The number of likely N-dealkylation sites (tertiary alicyclic amines) is 1. The number of amides is 2. The van der Waals surface area contributed by atoms with Crippen molar-refractivity contribution in [3.63, 3.8) is 0 Å². The monoisotopic (exact) mass is 468 g/mol. The fraction of sp³-hybridized carbons (Fsp3) is 0.462. The number of ether oxygens (including phenoxy) is 2. The van der Waals surface area contributed by atoms with Gasteiger partial charge >= 0.3 is 0 Å². The first-order valence-electron chi connectivity index (χ1n) is 11.6. The molecule has 0 N–H and O–H groups in total. The molecule has 1 atom stereocenters. The number of rotatable bonds is 4. The van der Waals surface area contributed by atoms with Gasteiger partial charge in [-0.25, -0.2) is 0 Å². The summed E-state index contributed by atoms with van der Waals surface area (Å²) in [4.78, 5) is 30.3. The third-order valence-electron chi connectivity index (χ3n) is 7.26. The van der Waals surface area contributed by atoms with Crippen LogP contribution in [0.25, 0.3) is 0 Å². The molecule has 0 aliphatic carbocycles. The molecule has 2 aromatic carbocycles. The molecular formula is C26H29ClN2O4. The van der Waals surface area contributed by atoms with Gasteiger partial charge in [0, 0.05) is 30.5 Å². The van der Waals surface area contributed by atoms with E-state index in [0.717, 1.165) is 18.5 Å². The number of nitrogens with zero attached hydrogens (tertiary/aromatic N) is 2. The van der Waals surface area contributed by atoms with Crippen molar-refractivity contribution in [3.8, 4) is 0 Å². The average molecular weight is 469 g/mol. The maximum Gasteiger partial charge on any atom is 0.253 e. The number of hydrogen-bond donors (Lipinski definition) is 0. The van der Waals surface area contributed by atoms with E-state index in [1.807, 2.05) is 35.2 Å².